The Bertz CT molecular complexity index is 747. The van der Waals surface area contributed by atoms with Crippen LogP contribution in [0.1, 0.15) is 5.56 Å². The van der Waals surface area contributed by atoms with Crippen molar-refractivity contribution >= 4 is 23.4 Å². The van der Waals surface area contributed by atoms with Crippen molar-refractivity contribution in [2.24, 2.45) is 0 Å². The van der Waals surface area contributed by atoms with Gasteiger partial charge in [0.2, 0.25) is 5.91 Å². The van der Waals surface area contributed by atoms with Gasteiger partial charge in [-0.05, 0) is 24.3 Å². The second-order valence-corrected chi connectivity index (χ2v) is 7.25. The molecule has 1 aliphatic heterocycles. The van der Waals surface area contributed by atoms with Gasteiger partial charge in [-0.2, -0.15) is 0 Å². The quantitative estimate of drug-likeness (QED) is 0.464. The fraction of sp³-hybridized carbons (Fsp3) is 0.333. The number of non-ortho nitro benzene ring substituents is 1. The Morgan fingerprint density at radius 1 is 1.15 bits per heavy atom. The average molecular weight is 373 g/mol. The number of nitro groups is 1. The first-order valence-electron chi connectivity index (χ1n) is 8.49. The number of benzene rings is 1. The Balaban J connectivity index is 1.42. The molecule has 136 valence electrons. The Kier molecular flexibility index (Phi) is 6.19. The van der Waals surface area contributed by atoms with Crippen LogP contribution in [0.3, 0.4) is 0 Å². The fourth-order valence-corrected chi connectivity index (χ4v) is 3.74. The summed E-state index contributed by atoms with van der Waals surface area (Å²) in [6.45, 7) is 4.37. The normalized spacial score (nSPS) is 15.0. The Hall–Kier alpha value is -2.45. The van der Waals surface area contributed by atoms with Crippen LogP contribution < -0.4 is 4.90 Å². The lowest BCUT2D eigenvalue weighted by Gasteiger charge is -2.32. The molecule has 0 aliphatic carbocycles. The number of carbonyl (C=O) groups excluding carboxylic acids is 1. The van der Waals surface area contributed by atoms with Gasteiger partial charge in [0, 0.05) is 35.0 Å². The van der Waals surface area contributed by atoms with Gasteiger partial charge < -0.3 is 9.80 Å². The number of hydrogen-bond acceptors (Lipinski definition) is 5. The highest BCUT2D eigenvalue weighted by molar-refractivity contribution is 8.00. The third-order valence-electron chi connectivity index (χ3n) is 4.44. The molecule has 2 heterocycles. The van der Waals surface area contributed by atoms with Crippen molar-refractivity contribution in [3.8, 4) is 0 Å². The zero-order valence-electron chi connectivity index (χ0n) is 14.3. The summed E-state index contributed by atoms with van der Waals surface area (Å²) < 4.78 is 0. The van der Waals surface area contributed by atoms with Crippen molar-refractivity contribution in [3.05, 3.63) is 64.5 Å². The molecule has 1 fully saturated rings. The Morgan fingerprint density at radius 3 is 2.42 bits per heavy atom. The summed E-state index contributed by atoms with van der Waals surface area (Å²) in [5.74, 6) is 0.480. The van der Waals surface area contributed by atoms with E-state index in [1.165, 1.54) is 34.4 Å². The van der Waals surface area contributed by atoms with E-state index in [-0.39, 0.29) is 11.6 Å². The van der Waals surface area contributed by atoms with Gasteiger partial charge in [0.05, 0.1) is 36.9 Å². The minimum absolute atomic E-state index is 0.0639. The molecule has 1 N–H and O–H groups in total. The van der Waals surface area contributed by atoms with Crippen molar-refractivity contribution < 1.29 is 14.6 Å². The number of carbonyl (C=O) groups is 1. The van der Waals surface area contributed by atoms with Gasteiger partial charge in [0.15, 0.2) is 0 Å². The number of thioether (sulfide) groups is 1. The zero-order chi connectivity index (χ0) is 18.4. The molecule has 1 aromatic carbocycles. The smallest absolute Gasteiger partial charge is 0.269 e. The van der Waals surface area contributed by atoms with Crippen LogP contribution in [-0.4, -0.2) is 52.6 Å². The van der Waals surface area contributed by atoms with E-state index in [1.54, 1.807) is 12.1 Å². The topological polar surface area (TPSA) is 80.8 Å². The number of pyridine rings is 1. The van der Waals surface area contributed by atoms with Gasteiger partial charge in [0.1, 0.15) is 6.54 Å². The van der Waals surface area contributed by atoms with E-state index in [4.69, 9.17) is 0 Å². The van der Waals surface area contributed by atoms with Gasteiger partial charge in [0.25, 0.3) is 5.69 Å². The maximum atomic E-state index is 12.4. The third kappa shape index (κ3) is 5.03. The number of quaternary nitrogens is 1. The molecule has 0 atom stereocenters. The molecule has 1 aromatic heterocycles. The summed E-state index contributed by atoms with van der Waals surface area (Å²) in [6.07, 6.45) is 3.62. The van der Waals surface area contributed by atoms with E-state index >= 15 is 0 Å². The first kappa shape index (κ1) is 18.3. The summed E-state index contributed by atoms with van der Waals surface area (Å²) in [4.78, 5) is 30.9. The number of nitro benzene ring substituents is 1. The largest absolute Gasteiger partial charge is 0.331 e. The molecule has 2 aromatic rings. The summed E-state index contributed by atoms with van der Waals surface area (Å²) in [7, 11) is 0. The van der Waals surface area contributed by atoms with Gasteiger partial charge >= 0.3 is 0 Å². The second kappa shape index (κ2) is 8.77. The van der Waals surface area contributed by atoms with Crippen LogP contribution >= 0.6 is 11.8 Å². The van der Waals surface area contributed by atoms with Crippen molar-refractivity contribution in [1.29, 1.82) is 0 Å². The Labute approximate surface area is 156 Å². The lowest BCUT2D eigenvalue weighted by molar-refractivity contribution is -0.917. The van der Waals surface area contributed by atoms with Gasteiger partial charge in [-0.25, -0.2) is 0 Å². The standard InChI is InChI=1S/C18H20N4O3S/c23-18(14-26-17-3-1-16(2-4-17)22(24)25)21-11-9-20(10-12-21)13-15-5-7-19-8-6-15/h1-8H,9-14H2/p+1. The summed E-state index contributed by atoms with van der Waals surface area (Å²) in [6, 6.07) is 10.4. The van der Waals surface area contributed by atoms with E-state index in [2.05, 4.69) is 4.98 Å². The predicted octanol–water partition coefficient (Wildman–Crippen LogP) is 1.01. The molecule has 1 aliphatic rings. The maximum Gasteiger partial charge on any atom is 0.269 e. The van der Waals surface area contributed by atoms with E-state index in [0.29, 0.717) is 5.75 Å². The highest BCUT2D eigenvalue weighted by atomic mass is 32.2. The molecular weight excluding hydrogens is 352 g/mol. The first-order chi connectivity index (χ1) is 12.6. The molecule has 1 amide bonds. The number of amides is 1. The monoisotopic (exact) mass is 373 g/mol. The number of hydrogen-bond donors (Lipinski definition) is 1. The van der Waals surface area contributed by atoms with E-state index in [0.717, 1.165) is 37.6 Å². The van der Waals surface area contributed by atoms with Gasteiger partial charge in [-0.3, -0.25) is 19.9 Å². The van der Waals surface area contributed by atoms with E-state index < -0.39 is 4.92 Å². The van der Waals surface area contributed by atoms with Crippen LogP contribution in [0.4, 0.5) is 5.69 Å². The first-order valence-corrected chi connectivity index (χ1v) is 9.48. The minimum Gasteiger partial charge on any atom is -0.331 e. The predicted molar refractivity (Wildman–Crippen MR) is 99.0 cm³/mol. The maximum absolute atomic E-state index is 12.4. The summed E-state index contributed by atoms with van der Waals surface area (Å²) >= 11 is 1.42. The number of nitrogens with zero attached hydrogens (tertiary/aromatic N) is 3. The van der Waals surface area contributed by atoms with Crippen LogP contribution in [0.5, 0.6) is 0 Å². The number of piperazine rings is 1. The molecule has 3 rings (SSSR count). The third-order valence-corrected chi connectivity index (χ3v) is 5.43. The zero-order valence-corrected chi connectivity index (χ0v) is 15.2. The average Bonchev–Trinajstić information content (AvgIpc) is 2.68. The van der Waals surface area contributed by atoms with E-state index in [9.17, 15) is 14.9 Å². The van der Waals surface area contributed by atoms with Crippen molar-refractivity contribution in [2.75, 3.05) is 31.9 Å². The highest BCUT2D eigenvalue weighted by Crippen LogP contribution is 2.21. The van der Waals surface area contributed by atoms with Crippen molar-refractivity contribution in [2.45, 2.75) is 11.4 Å². The van der Waals surface area contributed by atoms with E-state index in [1.807, 2.05) is 29.4 Å². The summed E-state index contributed by atoms with van der Waals surface area (Å²) in [5, 5.41) is 10.7. The fourth-order valence-electron chi connectivity index (χ4n) is 2.94. The van der Waals surface area contributed by atoms with Crippen molar-refractivity contribution in [1.82, 2.24) is 9.88 Å². The number of aromatic nitrogens is 1. The molecular formula is C18H21N4O3S+. The summed E-state index contributed by atoms with van der Waals surface area (Å²) in [5.41, 5.74) is 1.33. The van der Waals surface area contributed by atoms with Crippen LogP contribution in [0.15, 0.2) is 53.7 Å². The molecule has 8 heteroatoms. The lowest BCUT2D eigenvalue weighted by atomic mass is 10.2. The molecule has 0 saturated carbocycles. The number of nitrogens with one attached hydrogen (secondary N) is 1. The van der Waals surface area contributed by atoms with Crippen LogP contribution in [0.2, 0.25) is 0 Å². The van der Waals surface area contributed by atoms with Gasteiger partial charge in [-0.1, -0.05) is 0 Å². The number of rotatable bonds is 6. The lowest BCUT2D eigenvalue weighted by Crippen LogP contribution is -3.13. The highest BCUT2D eigenvalue weighted by Gasteiger charge is 2.23. The molecule has 7 nitrogen and oxygen atoms in total. The molecule has 0 radical (unpaired) electrons. The van der Waals surface area contributed by atoms with Crippen LogP contribution in [0, 0.1) is 10.1 Å². The van der Waals surface area contributed by atoms with Crippen LogP contribution in [-0.2, 0) is 11.3 Å². The van der Waals surface area contributed by atoms with Crippen molar-refractivity contribution in [3.63, 3.8) is 0 Å². The molecule has 0 spiro atoms. The molecule has 0 bridgehead atoms. The van der Waals surface area contributed by atoms with Gasteiger partial charge in [-0.15, -0.1) is 11.8 Å². The second-order valence-electron chi connectivity index (χ2n) is 6.20. The van der Waals surface area contributed by atoms with Crippen LogP contribution in [0.25, 0.3) is 0 Å². The Morgan fingerprint density at radius 2 is 1.81 bits per heavy atom. The molecule has 1 saturated heterocycles. The molecule has 26 heavy (non-hydrogen) atoms. The minimum atomic E-state index is -0.423. The SMILES string of the molecule is O=C(CSc1ccc([N+](=O)[O-])cc1)N1CC[NH+](Cc2ccncc2)CC1. The molecule has 0 unspecified atom stereocenters.